The Labute approximate surface area is 245 Å². The number of esters is 3. The van der Waals surface area contributed by atoms with E-state index in [1.54, 1.807) is 0 Å². The summed E-state index contributed by atoms with van der Waals surface area (Å²) in [4.78, 5) is 37.9. The van der Waals surface area contributed by atoms with Crippen LogP contribution in [-0.4, -0.2) is 71.7 Å². The number of aryl methyl sites for hydroxylation is 1. The van der Waals surface area contributed by atoms with Crippen molar-refractivity contribution >= 4 is 23.6 Å². The van der Waals surface area contributed by atoms with Gasteiger partial charge in [0.2, 0.25) is 0 Å². The molecule has 2 rings (SSSR count). The van der Waals surface area contributed by atoms with E-state index < -0.39 is 48.6 Å². The molecule has 1 aliphatic heterocycles. The number of aliphatic hydroxyl groups is 1. The van der Waals surface area contributed by atoms with Crippen LogP contribution in [0, 0.1) is 0 Å². The third-order valence-corrected chi connectivity index (χ3v) is 7.23. The molecule has 0 aromatic heterocycles. The Morgan fingerprint density at radius 1 is 0.878 bits per heavy atom. The summed E-state index contributed by atoms with van der Waals surface area (Å²) in [7, 11) is 0. The normalized spacial score (nSPS) is 21.2. The maximum atomic E-state index is 12.1. The summed E-state index contributed by atoms with van der Waals surface area (Å²) in [6, 6.07) is 7.47. The van der Waals surface area contributed by atoms with Crippen molar-refractivity contribution in [2.75, 3.05) is 13.2 Å². The predicted molar refractivity (Wildman–Crippen MR) is 157 cm³/mol. The van der Waals surface area contributed by atoms with Crippen LogP contribution in [0.3, 0.4) is 0 Å². The van der Waals surface area contributed by atoms with Gasteiger partial charge in [-0.1, -0.05) is 82.7 Å². The summed E-state index contributed by atoms with van der Waals surface area (Å²) < 4.78 is 22.2. The highest BCUT2D eigenvalue weighted by atomic mass is 16.6. The second kappa shape index (κ2) is 17.8. The minimum atomic E-state index is -1.09. The van der Waals surface area contributed by atoms with Crippen molar-refractivity contribution in [3.8, 4) is 0 Å². The molecule has 5 atom stereocenters. The van der Waals surface area contributed by atoms with Gasteiger partial charge in [-0.15, -0.1) is 0 Å². The molecule has 0 amide bonds. The molecule has 0 saturated carbocycles. The molecule has 1 N–H and O–H groups in total. The number of unbranched alkanes of at least 4 members (excludes halogenated alkanes) is 7. The zero-order valence-corrected chi connectivity index (χ0v) is 25.4. The van der Waals surface area contributed by atoms with E-state index in [0.717, 1.165) is 18.4 Å². The topological polar surface area (TPSA) is 112 Å². The van der Waals surface area contributed by atoms with Crippen LogP contribution in [0.4, 0.5) is 0 Å². The monoisotopic (exact) mass is 575 g/mol. The molecule has 230 valence electrons. The fourth-order valence-corrected chi connectivity index (χ4v) is 5.26. The Bertz CT molecular complexity index is 976. The van der Waals surface area contributed by atoms with Crippen molar-refractivity contribution in [3.63, 3.8) is 0 Å². The first-order valence-corrected chi connectivity index (χ1v) is 14.9. The molecule has 1 heterocycles. The third-order valence-electron chi connectivity index (χ3n) is 7.23. The number of likely N-dealkylation sites (tertiary alicyclic amines) is 1. The summed E-state index contributed by atoms with van der Waals surface area (Å²) in [5.41, 5.74) is 2.67. The van der Waals surface area contributed by atoms with Gasteiger partial charge in [-0.2, -0.15) is 0 Å². The number of aliphatic hydroxyl groups excluding tert-OH is 1. The molecule has 1 saturated heterocycles. The molecular formula is C32H49NO8. The quantitative estimate of drug-likeness (QED) is 0.116. The van der Waals surface area contributed by atoms with Crippen LogP contribution in [0.25, 0.3) is 5.70 Å². The van der Waals surface area contributed by atoms with Crippen LogP contribution in [0.5, 0.6) is 0 Å². The largest absolute Gasteiger partial charge is 0.457 e. The van der Waals surface area contributed by atoms with Gasteiger partial charge in [-0.3, -0.25) is 14.4 Å². The van der Waals surface area contributed by atoms with Gasteiger partial charge >= 0.3 is 17.9 Å². The number of rotatable bonds is 17. The minimum Gasteiger partial charge on any atom is -0.457 e. The van der Waals surface area contributed by atoms with Crippen LogP contribution in [0.1, 0.15) is 97.1 Å². The summed E-state index contributed by atoms with van der Waals surface area (Å²) >= 11 is 0. The van der Waals surface area contributed by atoms with E-state index in [4.69, 9.17) is 18.9 Å². The van der Waals surface area contributed by atoms with Crippen molar-refractivity contribution in [1.82, 2.24) is 4.90 Å². The van der Waals surface area contributed by atoms with Crippen molar-refractivity contribution < 1.29 is 38.4 Å². The second-order valence-electron chi connectivity index (χ2n) is 10.8. The van der Waals surface area contributed by atoms with Crippen molar-refractivity contribution in [2.45, 2.75) is 123 Å². The van der Waals surface area contributed by atoms with Crippen LogP contribution >= 0.6 is 0 Å². The van der Waals surface area contributed by atoms with E-state index in [-0.39, 0.29) is 13.2 Å². The van der Waals surface area contributed by atoms with Gasteiger partial charge in [0.25, 0.3) is 0 Å². The van der Waals surface area contributed by atoms with E-state index in [1.807, 2.05) is 17.0 Å². The fraction of sp³-hybridized carbons (Fsp3) is 0.656. The summed E-state index contributed by atoms with van der Waals surface area (Å²) in [5, 5.41) is 9.83. The number of carbonyl (C=O) groups excluding carboxylic acids is 3. The molecule has 0 aliphatic carbocycles. The Hall–Kier alpha value is -2.91. The number of hydrogen-bond acceptors (Lipinski definition) is 9. The maximum absolute atomic E-state index is 12.1. The molecule has 1 fully saturated rings. The molecule has 2 unspecified atom stereocenters. The fourth-order valence-electron chi connectivity index (χ4n) is 5.26. The Balaban J connectivity index is 2.21. The van der Waals surface area contributed by atoms with E-state index in [0.29, 0.717) is 5.70 Å². The highest BCUT2D eigenvalue weighted by molar-refractivity contribution is 5.69. The zero-order chi connectivity index (χ0) is 30.4. The Morgan fingerprint density at radius 3 is 1.95 bits per heavy atom. The molecule has 9 nitrogen and oxygen atoms in total. The average Bonchev–Trinajstić information content (AvgIpc) is 2.90. The lowest BCUT2D eigenvalue weighted by Gasteiger charge is -2.48. The maximum Gasteiger partial charge on any atom is 0.303 e. The van der Waals surface area contributed by atoms with E-state index in [1.165, 1.54) is 78.2 Å². The van der Waals surface area contributed by atoms with Gasteiger partial charge in [0.05, 0.1) is 19.2 Å². The summed E-state index contributed by atoms with van der Waals surface area (Å²) in [5.74, 6) is -1.78. The first kappa shape index (κ1) is 34.3. The molecule has 41 heavy (non-hydrogen) atoms. The molecule has 0 spiro atoms. The Kier molecular flexibility index (Phi) is 14.9. The molecule has 1 aromatic rings. The number of benzene rings is 1. The van der Waals surface area contributed by atoms with E-state index in [2.05, 4.69) is 25.6 Å². The van der Waals surface area contributed by atoms with Crippen LogP contribution in [0.15, 0.2) is 30.8 Å². The zero-order valence-electron chi connectivity index (χ0n) is 25.4. The summed E-state index contributed by atoms with van der Waals surface area (Å²) in [6.07, 6.45) is 7.05. The molecule has 0 bridgehead atoms. The second-order valence-corrected chi connectivity index (χ2v) is 10.8. The lowest BCUT2D eigenvalue weighted by atomic mass is 9.91. The van der Waals surface area contributed by atoms with Gasteiger partial charge in [0.1, 0.15) is 0 Å². The van der Waals surface area contributed by atoms with Crippen molar-refractivity contribution in [2.24, 2.45) is 0 Å². The number of nitrogens with zero attached hydrogens (tertiary/aromatic N) is 1. The summed E-state index contributed by atoms with van der Waals surface area (Å²) in [6.45, 7) is 11.8. The minimum absolute atomic E-state index is 0.0598. The smallest absolute Gasteiger partial charge is 0.303 e. The predicted octanol–water partition coefficient (Wildman–Crippen LogP) is 5.17. The van der Waals surface area contributed by atoms with Crippen molar-refractivity contribution in [3.05, 3.63) is 42.0 Å². The molecule has 1 aliphatic rings. The molecule has 1 aromatic carbocycles. The molecule has 0 radical (unpaired) electrons. The number of ether oxygens (including phenoxy) is 4. The molecule has 9 heteroatoms. The highest BCUT2D eigenvalue weighted by Gasteiger charge is 2.50. The van der Waals surface area contributed by atoms with E-state index in [9.17, 15) is 19.5 Å². The van der Waals surface area contributed by atoms with Gasteiger partial charge in [-0.05, 0) is 30.9 Å². The van der Waals surface area contributed by atoms with Crippen LogP contribution in [0.2, 0.25) is 0 Å². The Morgan fingerprint density at radius 2 is 1.41 bits per heavy atom. The lowest BCUT2D eigenvalue weighted by molar-refractivity contribution is -0.207. The number of piperidine rings is 1. The van der Waals surface area contributed by atoms with Gasteiger partial charge in [-0.25, -0.2) is 0 Å². The first-order chi connectivity index (χ1) is 19.5. The SMILES string of the molecule is C=C(c1ccc(CCCCCCCCCC)cc1)N1C[C@H](OC(C)=O)[C@@H](OC(C)=O)[C@H](OC(C)=O)C1COC(C)O. The average molecular weight is 576 g/mol. The standard InChI is InChI=1S/C32H49NO8/c1-7-8-9-10-11-12-13-14-15-27-16-18-28(19-17-27)22(2)33-20-30(39-24(4)35)32(41-26(6)37)31(40-25(5)36)29(33)21-38-23(3)34/h16-19,23,29-32,34H,2,7-15,20-21H2,1,3-6H3/t23?,29?,30-,31+,32+/m0/s1. The van der Waals surface area contributed by atoms with Crippen LogP contribution in [-0.2, 0) is 39.8 Å². The van der Waals surface area contributed by atoms with Gasteiger partial charge < -0.3 is 29.0 Å². The molecular weight excluding hydrogens is 526 g/mol. The number of carbonyl (C=O) groups is 3. The van der Waals surface area contributed by atoms with E-state index >= 15 is 0 Å². The van der Waals surface area contributed by atoms with Gasteiger partial charge in [0, 0.05) is 26.5 Å². The van der Waals surface area contributed by atoms with Gasteiger partial charge in [0.15, 0.2) is 24.6 Å². The first-order valence-electron chi connectivity index (χ1n) is 14.9. The van der Waals surface area contributed by atoms with Crippen LogP contribution < -0.4 is 0 Å². The lowest BCUT2D eigenvalue weighted by Crippen LogP contribution is -2.65. The number of hydrogen-bond donors (Lipinski definition) is 1. The van der Waals surface area contributed by atoms with Crippen molar-refractivity contribution in [1.29, 1.82) is 0 Å². The third kappa shape index (κ3) is 11.8. The highest BCUT2D eigenvalue weighted by Crippen LogP contribution is 2.33.